The van der Waals surface area contributed by atoms with Gasteiger partial charge in [-0.3, -0.25) is 4.79 Å². The number of hydrogen-bond donors (Lipinski definition) is 4. The van der Waals surface area contributed by atoms with Crippen LogP contribution in [0.4, 0.5) is 39.8 Å². The number of nitrogens with one attached hydrogen (secondary N) is 3. The Kier molecular flexibility index (Phi) is 13.7. The Morgan fingerprint density at radius 1 is 0.961 bits per heavy atom. The number of anilines is 3. The number of nitrogens with zero attached hydrogens (tertiary/aromatic N) is 2. The first-order chi connectivity index (χ1) is 24.2. The molecule has 0 aromatic heterocycles. The number of fused-ring (bicyclic) bond motifs is 1. The van der Waals surface area contributed by atoms with Gasteiger partial charge in [0.15, 0.2) is 0 Å². The fourth-order valence-electron chi connectivity index (χ4n) is 5.59. The number of amides is 5. The summed E-state index contributed by atoms with van der Waals surface area (Å²) < 4.78 is 51.4. The summed E-state index contributed by atoms with van der Waals surface area (Å²) in [6.45, 7) is 6.06. The maximum Gasteiger partial charge on any atom is 0.416 e. The molecule has 11 nitrogen and oxygen atoms in total. The minimum Gasteiger partial charge on any atom is -0.490 e. The summed E-state index contributed by atoms with van der Waals surface area (Å²) in [7, 11) is 1.68. The number of likely N-dealkylation sites (N-methyl/N-ethyl adjacent to an activating group) is 1. The van der Waals surface area contributed by atoms with E-state index in [-0.39, 0.29) is 54.7 Å². The number of ether oxygens (including phenoxy) is 2. The van der Waals surface area contributed by atoms with Gasteiger partial charge < -0.3 is 40.3 Å². The van der Waals surface area contributed by atoms with Crippen LogP contribution in [0, 0.1) is 5.92 Å². The zero-order chi connectivity index (χ0) is 37.1. The van der Waals surface area contributed by atoms with Crippen LogP contribution in [0.3, 0.4) is 0 Å². The molecular weight excluding hydrogens is 667 g/mol. The molecule has 4 N–H and O–H groups in total. The van der Waals surface area contributed by atoms with Crippen molar-refractivity contribution in [2.75, 3.05) is 49.3 Å². The van der Waals surface area contributed by atoms with Crippen molar-refractivity contribution in [1.29, 1.82) is 0 Å². The topological polar surface area (TPSA) is 132 Å². The molecule has 3 aromatic rings. The maximum atomic E-state index is 14.3. The molecule has 0 saturated carbocycles. The van der Waals surface area contributed by atoms with Crippen molar-refractivity contribution in [2.45, 2.75) is 64.5 Å². The minimum absolute atomic E-state index is 0.143. The number of carbonyl (C=O) groups is 3. The number of benzene rings is 3. The number of alkyl halides is 3. The highest BCUT2D eigenvalue weighted by Crippen LogP contribution is 2.31. The molecular formula is C37H46F3N5O6. The molecule has 0 aliphatic carbocycles. The summed E-state index contributed by atoms with van der Waals surface area (Å²) in [5.74, 6) is -0.438. The van der Waals surface area contributed by atoms with Crippen LogP contribution >= 0.6 is 0 Å². The smallest absolute Gasteiger partial charge is 0.416 e. The van der Waals surface area contributed by atoms with Gasteiger partial charge >= 0.3 is 18.2 Å². The Hall–Kier alpha value is -4.82. The van der Waals surface area contributed by atoms with E-state index in [1.165, 1.54) is 15.9 Å². The van der Waals surface area contributed by atoms with E-state index in [9.17, 15) is 32.7 Å². The Balaban J connectivity index is 1.56. The largest absolute Gasteiger partial charge is 0.490 e. The lowest BCUT2D eigenvalue weighted by Crippen LogP contribution is -2.48. The molecule has 5 amide bonds. The van der Waals surface area contributed by atoms with E-state index in [0.717, 1.165) is 37.1 Å². The number of para-hydroxylation sites is 1. The lowest BCUT2D eigenvalue weighted by molar-refractivity contribution is -0.137. The van der Waals surface area contributed by atoms with Gasteiger partial charge in [0.1, 0.15) is 5.75 Å². The zero-order valence-corrected chi connectivity index (χ0v) is 29.2. The first kappa shape index (κ1) is 39.0. The van der Waals surface area contributed by atoms with E-state index < -0.39 is 35.8 Å². The van der Waals surface area contributed by atoms with Crippen molar-refractivity contribution in [3.63, 3.8) is 0 Å². The van der Waals surface area contributed by atoms with Crippen LogP contribution in [0.1, 0.15) is 56.0 Å². The second-order valence-corrected chi connectivity index (χ2v) is 12.8. The fourth-order valence-corrected chi connectivity index (χ4v) is 5.59. The summed E-state index contributed by atoms with van der Waals surface area (Å²) in [5, 5.41) is 18.2. The molecule has 4 rings (SSSR count). The lowest BCUT2D eigenvalue weighted by Gasteiger charge is -2.35. The maximum absolute atomic E-state index is 14.3. The normalized spacial score (nSPS) is 19.5. The van der Waals surface area contributed by atoms with Crippen LogP contribution in [0.2, 0.25) is 0 Å². The summed E-state index contributed by atoms with van der Waals surface area (Å²) in [4.78, 5) is 43.3. The van der Waals surface area contributed by atoms with Crippen LogP contribution in [0.5, 0.6) is 5.75 Å². The summed E-state index contributed by atoms with van der Waals surface area (Å²) >= 11 is 0. The van der Waals surface area contributed by atoms with Crippen LogP contribution in [0.15, 0.2) is 72.8 Å². The number of urea groups is 2. The van der Waals surface area contributed by atoms with E-state index in [4.69, 9.17) is 9.47 Å². The molecule has 51 heavy (non-hydrogen) atoms. The third-order valence-electron chi connectivity index (χ3n) is 8.61. The molecule has 4 atom stereocenters. The molecule has 3 aromatic carbocycles. The third-order valence-corrected chi connectivity index (χ3v) is 8.61. The molecule has 276 valence electrons. The van der Waals surface area contributed by atoms with Gasteiger partial charge in [-0.15, -0.1) is 0 Å². The molecule has 1 aliphatic rings. The zero-order valence-electron chi connectivity index (χ0n) is 29.2. The third kappa shape index (κ3) is 11.3. The quantitative estimate of drug-likeness (QED) is 0.203. The van der Waals surface area contributed by atoms with Crippen LogP contribution in [-0.2, 0) is 10.9 Å². The van der Waals surface area contributed by atoms with E-state index in [0.29, 0.717) is 24.5 Å². The Morgan fingerprint density at radius 2 is 1.61 bits per heavy atom. The molecule has 14 heteroatoms. The number of aliphatic hydroxyl groups is 1. The summed E-state index contributed by atoms with van der Waals surface area (Å²) in [6.07, 6.45) is -3.03. The predicted molar refractivity (Wildman–Crippen MR) is 189 cm³/mol. The van der Waals surface area contributed by atoms with Crippen LogP contribution < -0.4 is 20.7 Å². The van der Waals surface area contributed by atoms with Crippen molar-refractivity contribution in [2.24, 2.45) is 5.92 Å². The van der Waals surface area contributed by atoms with Crippen molar-refractivity contribution < 1.29 is 42.1 Å². The standard InChI is InChI=1S/C37H46F3N5O6/c1-24-21-45(25(2)23-46)34(47)31-20-30(42-35(48)41-29-15-13-27(14-16-29)37(38,39)40)17-18-32(31)51-26(3)10-8-9-19-50-33(24)22-44(4)36(49)43-28-11-6-5-7-12-28/h5-7,11-18,20,24-26,33,46H,8-10,19,21-23H2,1-4H3,(H,43,49)(H2,41,42,48)/t24-,25+,26-,33-/m0/s1. The van der Waals surface area contributed by atoms with Crippen LogP contribution in [-0.4, -0.2) is 84.5 Å². The van der Waals surface area contributed by atoms with Gasteiger partial charge in [-0.2, -0.15) is 13.2 Å². The van der Waals surface area contributed by atoms with Gasteiger partial charge in [0, 0.05) is 49.7 Å². The molecule has 0 fully saturated rings. The van der Waals surface area contributed by atoms with E-state index in [2.05, 4.69) is 16.0 Å². The summed E-state index contributed by atoms with van der Waals surface area (Å²) in [6, 6.07) is 16.1. The second kappa shape index (κ2) is 17.9. The van der Waals surface area contributed by atoms with Crippen molar-refractivity contribution in [1.82, 2.24) is 9.80 Å². The highest BCUT2D eigenvalue weighted by atomic mass is 19.4. The molecule has 0 bridgehead atoms. The van der Waals surface area contributed by atoms with Gasteiger partial charge in [-0.1, -0.05) is 25.1 Å². The second-order valence-electron chi connectivity index (χ2n) is 12.8. The Bertz CT molecular complexity index is 1610. The van der Waals surface area contributed by atoms with Gasteiger partial charge in [0.25, 0.3) is 5.91 Å². The Morgan fingerprint density at radius 3 is 2.27 bits per heavy atom. The van der Waals surface area contributed by atoms with Crippen molar-refractivity contribution >= 4 is 35.0 Å². The molecule has 1 aliphatic heterocycles. The first-order valence-corrected chi connectivity index (χ1v) is 16.9. The van der Waals surface area contributed by atoms with Crippen molar-refractivity contribution in [3.05, 3.63) is 83.9 Å². The molecule has 0 saturated heterocycles. The highest BCUT2D eigenvalue weighted by molar-refractivity contribution is 6.02. The van der Waals surface area contributed by atoms with E-state index >= 15 is 0 Å². The van der Waals surface area contributed by atoms with E-state index in [1.54, 1.807) is 38.2 Å². The van der Waals surface area contributed by atoms with Gasteiger partial charge in [-0.05, 0) is 87.7 Å². The predicted octanol–water partition coefficient (Wildman–Crippen LogP) is 7.31. The number of carbonyl (C=O) groups excluding carboxylic acids is 3. The fraction of sp³-hybridized carbons (Fsp3) is 0.432. The summed E-state index contributed by atoms with van der Waals surface area (Å²) in [5.41, 5.74) is 0.339. The Labute approximate surface area is 296 Å². The molecule has 1 heterocycles. The number of hydrogen-bond acceptors (Lipinski definition) is 6. The minimum atomic E-state index is -4.51. The first-order valence-electron chi connectivity index (χ1n) is 16.9. The molecule has 0 unspecified atom stereocenters. The van der Waals surface area contributed by atoms with E-state index in [1.807, 2.05) is 32.0 Å². The SMILES string of the molecule is C[C@H](CO)N1C[C@H](C)[C@H](CN(C)C(=O)Nc2ccccc2)OCCCC[C@H](C)Oc2ccc(NC(=O)Nc3ccc(C(F)(F)F)cc3)cc2C1=O. The molecule has 0 spiro atoms. The van der Waals surface area contributed by atoms with Gasteiger partial charge in [-0.25, -0.2) is 9.59 Å². The lowest BCUT2D eigenvalue weighted by atomic mass is 10.0. The van der Waals surface area contributed by atoms with Gasteiger partial charge in [0.2, 0.25) is 0 Å². The average Bonchev–Trinajstić information content (AvgIpc) is 3.09. The molecule has 0 radical (unpaired) electrons. The highest BCUT2D eigenvalue weighted by Gasteiger charge is 2.32. The monoisotopic (exact) mass is 713 g/mol. The number of rotatable bonds is 7. The van der Waals surface area contributed by atoms with Crippen LogP contribution in [0.25, 0.3) is 0 Å². The van der Waals surface area contributed by atoms with Crippen molar-refractivity contribution in [3.8, 4) is 5.75 Å². The van der Waals surface area contributed by atoms with Gasteiger partial charge in [0.05, 0.1) is 36.0 Å². The average molecular weight is 714 g/mol. The number of aliphatic hydroxyl groups excluding tert-OH is 1. The number of halogens is 3.